The first-order chi connectivity index (χ1) is 12.1. The largest absolute Gasteiger partial charge is 0.355 e. The Bertz CT molecular complexity index is 580. The van der Waals surface area contributed by atoms with Gasteiger partial charge in [0.1, 0.15) is 0 Å². The van der Waals surface area contributed by atoms with Crippen molar-refractivity contribution in [2.24, 2.45) is 0 Å². The van der Waals surface area contributed by atoms with Gasteiger partial charge in [0, 0.05) is 37.2 Å². The Balaban J connectivity index is 1.35. The van der Waals surface area contributed by atoms with Crippen molar-refractivity contribution in [3.63, 3.8) is 0 Å². The number of nitrogens with one attached hydrogen (secondary N) is 1. The minimum atomic E-state index is -0.264. The van der Waals surface area contributed by atoms with E-state index in [1.54, 1.807) is 0 Å². The summed E-state index contributed by atoms with van der Waals surface area (Å²) in [6, 6.07) is 8.19. The molecule has 1 aliphatic carbocycles. The molecule has 0 atom stereocenters. The number of benzene rings is 1. The van der Waals surface area contributed by atoms with Gasteiger partial charge in [-0.1, -0.05) is 35.0 Å². The number of nitrogens with zero attached hydrogens (tertiary/aromatic N) is 2. The van der Waals surface area contributed by atoms with Crippen LogP contribution in [0.2, 0.25) is 0 Å². The molecule has 3 rings (SSSR count). The molecule has 2 fully saturated rings. The minimum absolute atomic E-state index is 0.210. The van der Waals surface area contributed by atoms with Gasteiger partial charge in [-0.25, -0.2) is 0 Å². The average molecular weight is 408 g/mol. The molecule has 1 heterocycles. The summed E-state index contributed by atoms with van der Waals surface area (Å²) in [5, 5.41) is 3.18. The van der Waals surface area contributed by atoms with Crippen molar-refractivity contribution in [2.45, 2.75) is 38.0 Å². The van der Waals surface area contributed by atoms with Gasteiger partial charge in [-0.3, -0.25) is 4.79 Å². The summed E-state index contributed by atoms with van der Waals surface area (Å²) in [6.45, 7) is 10.1. The molecule has 1 aliphatic heterocycles. The number of carbonyl (C=O) groups excluding carboxylic acids is 1. The van der Waals surface area contributed by atoms with E-state index in [0.717, 1.165) is 48.8 Å². The number of hydrogen-bond acceptors (Lipinski definition) is 3. The fourth-order valence-electron chi connectivity index (χ4n) is 3.72. The Kier molecular flexibility index (Phi) is 6.53. The Labute approximate surface area is 160 Å². The molecule has 0 unspecified atom stereocenters. The number of carbonyl (C=O) groups is 1. The SMILES string of the molecule is CCN1CCN(CCCCNC(=O)C2(c3cccc(Br)c3)CC2)CC1. The number of likely N-dealkylation sites (N-methyl/N-ethyl adjacent to an activating group) is 1. The van der Waals surface area contributed by atoms with Crippen LogP contribution < -0.4 is 5.32 Å². The first kappa shape index (κ1) is 18.9. The molecule has 5 heteroatoms. The van der Waals surface area contributed by atoms with E-state index in [9.17, 15) is 4.79 Å². The summed E-state index contributed by atoms with van der Waals surface area (Å²) >= 11 is 3.51. The number of hydrogen-bond donors (Lipinski definition) is 1. The van der Waals surface area contributed by atoms with Crippen LogP contribution in [-0.2, 0) is 10.2 Å². The maximum atomic E-state index is 12.6. The van der Waals surface area contributed by atoms with Crippen LogP contribution in [0, 0.1) is 0 Å². The van der Waals surface area contributed by atoms with Crippen LogP contribution in [0.5, 0.6) is 0 Å². The highest BCUT2D eigenvalue weighted by Crippen LogP contribution is 2.48. The van der Waals surface area contributed by atoms with Crippen molar-refractivity contribution in [2.75, 3.05) is 45.8 Å². The van der Waals surface area contributed by atoms with E-state index >= 15 is 0 Å². The first-order valence-corrected chi connectivity index (χ1v) is 10.4. The van der Waals surface area contributed by atoms with Crippen molar-refractivity contribution in [1.29, 1.82) is 0 Å². The molecule has 138 valence electrons. The van der Waals surface area contributed by atoms with Crippen LogP contribution in [0.15, 0.2) is 28.7 Å². The predicted molar refractivity (Wildman–Crippen MR) is 106 cm³/mol. The molecule has 0 spiro atoms. The van der Waals surface area contributed by atoms with Gasteiger partial charge in [0.05, 0.1) is 5.41 Å². The number of rotatable bonds is 8. The summed E-state index contributed by atoms with van der Waals surface area (Å²) < 4.78 is 1.05. The van der Waals surface area contributed by atoms with E-state index < -0.39 is 0 Å². The second-order valence-corrected chi connectivity index (χ2v) is 8.25. The Morgan fingerprint density at radius 2 is 1.88 bits per heavy atom. The van der Waals surface area contributed by atoms with E-state index in [4.69, 9.17) is 0 Å². The molecule has 25 heavy (non-hydrogen) atoms. The number of amides is 1. The molecule has 1 aromatic rings. The quantitative estimate of drug-likeness (QED) is 0.672. The Hall–Kier alpha value is -0.910. The lowest BCUT2D eigenvalue weighted by molar-refractivity contribution is -0.123. The molecule has 1 saturated carbocycles. The third-order valence-electron chi connectivity index (χ3n) is 5.66. The second-order valence-electron chi connectivity index (χ2n) is 7.33. The first-order valence-electron chi connectivity index (χ1n) is 9.63. The number of piperazine rings is 1. The van der Waals surface area contributed by atoms with E-state index in [-0.39, 0.29) is 11.3 Å². The second kappa shape index (κ2) is 8.65. The van der Waals surface area contributed by atoms with Crippen molar-refractivity contribution in [1.82, 2.24) is 15.1 Å². The summed E-state index contributed by atoms with van der Waals surface area (Å²) in [5.41, 5.74) is 0.883. The zero-order chi connectivity index (χ0) is 17.7. The van der Waals surface area contributed by atoms with Gasteiger partial charge in [0.15, 0.2) is 0 Å². The van der Waals surface area contributed by atoms with Crippen LogP contribution in [-0.4, -0.2) is 61.5 Å². The fourth-order valence-corrected chi connectivity index (χ4v) is 4.12. The lowest BCUT2D eigenvalue weighted by Crippen LogP contribution is -2.46. The zero-order valence-electron chi connectivity index (χ0n) is 15.3. The molecule has 0 bridgehead atoms. The van der Waals surface area contributed by atoms with Crippen LogP contribution in [0.25, 0.3) is 0 Å². The molecular weight excluding hydrogens is 378 g/mol. The number of unbranched alkanes of at least 4 members (excludes halogenated alkanes) is 1. The molecule has 1 amide bonds. The molecule has 1 saturated heterocycles. The van der Waals surface area contributed by atoms with Gasteiger partial charge in [-0.2, -0.15) is 0 Å². The van der Waals surface area contributed by atoms with E-state index in [2.05, 4.69) is 50.1 Å². The Morgan fingerprint density at radius 1 is 1.16 bits per heavy atom. The van der Waals surface area contributed by atoms with Gasteiger partial charge >= 0.3 is 0 Å². The molecule has 0 radical (unpaired) electrons. The van der Waals surface area contributed by atoms with Crippen molar-refractivity contribution < 1.29 is 4.79 Å². The maximum Gasteiger partial charge on any atom is 0.230 e. The highest BCUT2D eigenvalue weighted by Gasteiger charge is 2.51. The lowest BCUT2D eigenvalue weighted by Gasteiger charge is -2.34. The highest BCUT2D eigenvalue weighted by atomic mass is 79.9. The average Bonchev–Trinajstić information content (AvgIpc) is 3.44. The number of halogens is 1. The van der Waals surface area contributed by atoms with Gasteiger partial charge in [-0.05, 0) is 56.5 Å². The normalized spacial score (nSPS) is 20.4. The predicted octanol–water partition coefficient (Wildman–Crippen LogP) is 3.01. The maximum absolute atomic E-state index is 12.6. The van der Waals surface area contributed by atoms with Gasteiger partial charge in [-0.15, -0.1) is 0 Å². The van der Waals surface area contributed by atoms with Crippen molar-refractivity contribution >= 4 is 21.8 Å². The van der Waals surface area contributed by atoms with Crippen LogP contribution in [0.3, 0.4) is 0 Å². The van der Waals surface area contributed by atoms with Crippen molar-refractivity contribution in [3.8, 4) is 0 Å². The Morgan fingerprint density at radius 3 is 2.52 bits per heavy atom. The molecule has 1 aromatic carbocycles. The van der Waals surface area contributed by atoms with Crippen LogP contribution in [0.1, 0.15) is 38.2 Å². The molecule has 4 nitrogen and oxygen atoms in total. The summed E-state index contributed by atoms with van der Waals surface area (Å²) in [5.74, 6) is 0.210. The van der Waals surface area contributed by atoms with E-state index in [1.165, 1.54) is 32.7 Å². The van der Waals surface area contributed by atoms with E-state index in [1.807, 2.05) is 12.1 Å². The van der Waals surface area contributed by atoms with Gasteiger partial charge in [0.2, 0.25) is 5.91 Å². The molecular formula is C20H30BrN3O. The highest BCUT2D eigenvalue weighted by molar-refractivity contribution is 9.10. The molecule has 1 N–H and O–H groups in total. The van der Waals surface area contributed by atoms with Gasteiger partial charge < -0.3 is 15.1 Å². The third kappa shape index (κ3) is 4.83. The van der Waals surface area contributed by atoms with Crippen LogP contribution >= 0.6 is 15.9 Å². The topological polar surface area (TPSA) is 35.6 Å². The fraction of sp³-hybridized carbons (Fsp3) is 0.650. The molecule has 0 aromatic heterocycles. The summed E-state index contributed by atoms with van der Waals surface area (Å²) in [4.78, 5) is 17.7. The van der Waals surface area contributed by atoms with Crippen molar-refractivity contribution in [3.05, 3.63) is 34.3 Å². The smallest absolute Gasteiger partial charge is 0.230 e. The standard InChI is InChI=1S/C20H30BrN3O/c1-2-23-12-14-24(15-13-23)11-4-3-10-22-19(25)20(8-9-20)17-6-5-7-18(21)16-17/h5-7,16H,2-4,8-15H2,1H3,(H,22,25). The van der Waals surface area contributed by atoms with Crippen LogP contribution in [0.4, 0.5) is 0 Å². The summed E-state index contributed by atoms with van der Waals surface area (Å²) in [7, 11) is 0. The van der Waals surface area contributed by atoms with E-state index in [0.29, 0.717) is 0 Å². The third-order valence-corrected chi connectivity index (χ3v) is 6.15. The lowest BCUT2D eigenvalue weighted by atomic mass is 9.95. The monoisotopic (exact) mass is 407 g/mol. The summed E-state index contributed by atoms with van der Waals surface area (Å²) in [6.07, 6.45) is 4.17. The zero-order valence-corrected chi connectivity index (χ0v) is 16.9. The minimum Gasteiger partial charge on any atom is -0.355 e. The molecule has 2 aliphatic rings. The van der Waals surface area contributed by atoms with Gasteiger partial charge in [0.25, 0.3) is 0 Å².